The minimum atomic E-state index is -0.959. The molecule has 0 aliphatic carbocycles. The molecule has 0 saturated carbocycles. The van der Waals surface area contributed by atoms with Crippen molar-refractivity contribution in [3.8, 4) is 0 Å². The average Bonchev–Trinajstić information content (AvgIpc) is 2.35. The van der Waals surface area contributed by atoms with E-state index in [4.69, 9.17) is 4.74 Å². The molecule has 0 aromatic heterocycles. The second-order valence-electron chi connectivity index (χ2n) is 5.80. The quantitative estimate of drug-likeness (QED) is 0.223. The highest BCUT2D eigenvalue weighted by Gasteiger charge is 2.11. The predicted molar refractivity (Wildman–Crippen MR) is 86.4 cm³/mol. The van der Waals surface area contributed by atoms with Crippen molar-refractivity contribution in [1.29, 1.82) is 0 Å². The summed E-state index contributed by atoms with van der Waals surface area (Å²) < 4.78 is 5.54. The lowest BCUT2D eigenvalue weighted by Crippen LogP contribution is -2.36. The summed E-state index contributed by atoms with van der Waals surface area (Å²) in [4.78, 5) is 0. The van der Waals surface area contributed by atoms with Gasteiger partial charge < -0.3 is 15.5 Å². The van der Waals surface area contributed by atoms with Crippen LogP contribution in [0.2, 0.25) is 25.7 Å². The van der Waals surface area contributed by atoms with Crippen LogP contribution in [-0.4, -0.2) is 27.5 Å². The van der Waals surface area contributed by atoms with E-state index in [0.29, 0.717) is 12.8 Å². The van der Waals surface area contributed by atoms with Gasteiger partial charge in [0.05, 0.1) is 0 Å². The van der Waals surface area contributed by atoms with Gasteiger partial charge in [-0.25, -0.2) is 5.43 Å². The number of hydrogen-bond acceptors (Lipinski definition) is 4. The Morgan fingerprint density at radius 2 is 2.05 bits per heavy atom. The first-order valence-electron chi connectivity index (χ1n) is 7.07. The zero-order valence-corrected chi connectivity index (χ0v) is 14.0. The molecule has 0 heterocycles. The molecule has 0 bridgehead atoms. The third-order valence-electron chi connectivity index (χ3n) is 2.72. The van der Waals surface area contributed by atoms with E-state index in [9.17, 15) is 0 Å². The van der Waals surface area contributed by atoms with Gasteiger partial charge in [-0.05, 0) is 25.1 Å². The van der Waals surface area contributed by atoms with Crippen molar-refractivity contribution in [3.63, 3.8) is 0 Å². The lowest BCUT2D eigenvalue weighted by atomic mass is 10.2. The number of rotatable bonds is 12. The predicted octanol–water partition coefficient (Wildman–Crippen LogP) is 2.81. The fourth-order valence-electron chi connectivity index (χ4n) is 1.38. The van der Waals surface area contributed by atoms with Crippen molar-refractivity contribution >= 4 is 8.07 Å². The van der Waals surface area contributed by atoms with E-state index in [1.54, 1.807) is 6.20 Å². The van der Waals surface area contributed by atoms with Gasteiger partial charge in [-0.15, -0.1) is 0 Å². The molecule has 0 aliphatic heterocycles. The number of ether oxygens (including phenoxy) is 1. The van der Waals surface area contributed by atoms with Crippen LogP contribution in [0.15, 0.2) is 25.1 Å². The monoisotopic (exact) mass is 285 g/mol. The highest BCUT2D eigenvalue weighted by Crippen LogP contribution is 2.06. The van der Waals surface area contributed by atoms with Crippen LogP contribution in [0.1, 0.15) is 19.8 Å². The summed E-state index contributed by atoms with van der Waals surface area (Å²) in [6.07, 6.45) is 7.77. The molecule has 0 radical (unpaired) electrons. The minimum Gasteiger partial charge on any atom is -0.369 e. The summed E-state index contributed by atoms with van der Waals surface area (Å²) in [6, 6.07) is 1.64. The minimum absolute atomic E-state index is 0.420. The van der Waals surface area contributed by atoms with E-state index in [2.05, 4.69) is 55.4 Å². The maximum absolute atomic E-state index is 5.54. The van der Waals surface area contributed by atoms with Gasteiger partial charge in [0.25, 0.3) is 0 Å². The Morgan fingerprint density at radius 3 is 2.63 bits per heavy atom. The summed E-state index contributed by atoms with van der Waals surface area (Å²) in [5.41, 5.74) is 6.09. The van der Waals surface area contributed by atoms with E-state index < -0.39 is 8.07 Å². The Hall–Kier alpha value is -0.783. The molecule has 0 amide bonds. The van der Waals surface area contributed by atoms with Crippen molar-refractivity contribution in [1.82, 2.24) is 16.2 Å². The molecule has 112 valence electrons. The van der Waals surface area contributed by atoms with Crippen molar-refractivity contribution in [2.24, 2.45) is 0 Å². The van der Waals surface area contributed by atoms with Crippen molar-refractivity contribution in [3.05, 3.63) is 25.1 Å². The van der Waals surface area contributed by atoms with Crippen LogP contribution in [0.4, 0.5) is 0 Å². The molecule has 19 heavy (non-hydrogen) atoms. The Balaban J connectivity index is 3.49. The van der Waals surface area contributed by atoms with Gasteiger partial charge in [0.1, 0.15) is 6.73 Å². The zero-order valence-electron chi connectivity index (χ0n) is 13.0. The molecule has 1 atom stereocenters. The fourth-order valence-corrected chi connectivity index (χ4v) is 2.13. The van der Waals surface area contributed by atoms with Gasteiger partial charge in [-0.3, -0.25) is 0 Å². The third-order valence-corrected chi connectivity index (χ3v) is 4.42. The Bertz CT molecular complexity index is 252. The number of hydrazine groups is 1. The molecule has 0 aliphatic rings. The number of hydrogen-bond donors (Lipinski definition) is 3. The van der Waals surface area contributed by atoms with Crippen molar-refractivity contribution in [2.75, 3.05) is 13.3 Å². The molecule has 0 spiro atoms. The molecule has 0 aromatic rings. The molecule has 5 heteroatoms. The lowest BCUT2D eigenvalue weighted by molar-refractivity contribution is 0.137. The summed E-state index contributed by atoms with van der Waals surface area (Å²) in [6.45, 7) is 14.3. The van der Waals surface area contributed by atoms with Crippen LogP contribution >= 0.6 is 0 Å². The van der Waals surface area contributed by atoms with Gasteiger partial charge in [-0.1, -0.05) is 39.2 Å². The average molecular weight is 286 g/mol. The topological polar surface area (TPSA) is 45.3 Å². The van der Waals surface area contributed by atoms with Crippen LogP contribution < -0.4 is 16.2 Å². The van der Waals surface area contributed by atoms with Crippen LogP contribution in [0.3, 0.4) is 0 Å². The van der Waals surface area contributed by atoms with Crippen LogP contribution in [0, 0.1) is 0 Å². The smallest absolute Gasteiger partial charge is 0.116 e. The summed E-state index contributed by atoms with van der Waals surface area (Å²) in [5, 5.41) is 3.15. The summed E-state index contributed by atoms with van der Waals surface area (Å²) >= 11 is 0. The molecule has 0 aromatic carbocycles. The maximum Gasteiger partial charge on any atom is 0.116 e. The second-order valence-corrected chi connectivity index (χ2v) is 11.4. The van der Waals surface area contributed by atoms with Gasteiger partial charge in [0.2, 0.25) is 0 Å². The van der Waals surface area contributed by atoms with Gasteiger partial charge in [0, 0.05) is 26.9 Å². The molecular formula is C14H31N3OSi. The summed E-state index contributed by atoms with van der Waals surface area (Å²) in [5.74, 6) is 0. The standard InChI is InChI=1S/C14H31N3OSi/c1-6-14(17-16-7-2)9-8-10-15-13-18-11-12-19(3,4)5/h7-8,10,14-17H,2,6,9,11-13H2,1,3-5H3/b10-8-. The van der Waals surface area contributed by atoms with Crippen LogP contribution in [0.5, 0.6) is 0 Å². The van der Waals surface area contributed by atoms with E-state index in [0.717, 1.165) is 19.4 Å². The Morgan fingerprint density at radius 1 is 1.32 bits per heavy atom. The fraction of sp³-hybridized carbons (Fsp3) is 0.714. The van der Waals surface area contributed by atoms with E-state index in [1.165, 1.54) is 6.04 Å². The molecule has 0 fully saturated rings. The first-order chi connectivity index (χ1) is 8.99. The first kappa shape index (κ1) is 18.2. The third kappa shape index (κ3) is 13.4. The first-order valence-corrected chi connectivity index (χ1v) is 10.8. The Labute approximate surface area is 119 Å². The highest BCUT2D eigenvalue weighted by atomic mass is 28.3. The van der Waals surface area contributed by atoms with Crippen LogP contribution in [-0.2, 0) is 4.74 Å². The molecule has 0 saturated heterocycles. The van der Waals surface area contributed by atoms with Gasteiger partial charge >= 0.3 is 0 Å². The molecule has 4 nitrogen and oxygen atoms in total. The van der Waals surface area contributed by atoms with Crippen molar-refractivity contribution < 1.29 is 4.74 Å². The van der Waals surface area contributed by atoms with E-state index in [-0.39, 0.29) is 0 Å². The lowest BCUT2D eigenvalue weighted by Gasteiger charge is -2.15. The zero-order chi connectivity index (χ0) is 14.6. The normalized spacial score (nSPS) is 13.5. The number of nitrogens with one attached hydrogen (secondary N) is 3. The van der Waals surface area contributed by atoms with Crippen molar-refractivity contribution in [2.45, 2.75) is 51.5 Å². The maximum atomic E-state index is 5.54. The van der Waals surface area contributed by atoms with Crippen LogP contribution in [0.25, 0.3) is 0 Å². The summed E-state index contributed by atoms with van der Waals surface area (Å²) in [7, 11) is -0.959. The SMILES string of the molecule is C=CNNC(CC)C/C=C\NCOCC[Si](C)(C)C. The molecule has 1 unspecified atom stereocenters. The molecule has 0 rings (SSSR count). The molecular weight excluding hydrogens is 254 g/mol. The second kappa shape index (κ2) is 11.1. The van der Waals surface area contributed by atoms with E-state index in [1.807, 2.05) is 6.20 Å². The van der Waals surface area contributed by atoms with E-state index >= 15 is 0 Å². The van der Waals surface area contributed by atoms with Gasteiger partial charge in [-0.2, -0.15) is 0 Å². The Kier molecular flexibility index (Phi) is 10.6. The van der Waals surface area contributed by atoms with Gasteiger partial charge in [0.15, 0.2) is 0 Å². The highest BCUT2D eigenvalue weighted by molar-refractivity contribution is 6.76. The molecule has 3 N–H and O–H groups in total. The largest absolute Gasteiger partial charge is 0.369 e.